The standard InChI is InChI=1S/C16H25NO3/c1-2-3-8-17(9-5-10-18)13-14-6-4-7-15-16(14)20-12-11-19-15/h4,6-7,18H,2-3,5,8-13H2,1H3. The smallest absolute Gasteiger partial charge is 0.165 e. The fourth-order valence-electron chi connectivity index (χ4n) is 2.45. The van der Waals surface area contributed by atoms with Crippen LogP contribution in [0.1, 0.15) is 31.7 Å². The Labute approximate surface area is 121 Å². The lowest BCUT2D eigenvalue weighted by molar-refractivity contribution is 0.165. The Morgan fingerprint density at radius 2 is 1.95 bits per heavy atom. The Morgan fingerprint density at radius 3 is 2.75 bits per heavy atom. The van der Waals surface area contributed by atoms with Crippen molar-refractivity contribution in [3.8, 4) is 11.5 Å². The summed E-state index contributed by atoms with van der Waals surface area (Å²) in [5, 5.41) is 9.03. The third-order valence-electron chi connectivity index (χ3n) is 3.50. The molecule has 1 aliphatic heterocycles. The average molecular weight is 279 g/mol. The first-order valence-electron chi connectivity index (χ1n) is 7.56. The van der Waals surface area contributed by atoms with E-state index in [9.17, 15) is 0 Å². The predicted molar refractivity (Wildman–Crippen MR) is 79.3 cm³/mol. The van der Waals surface area contributed by atoms with Gasteiger partial charge < -0.3 is 14.6 Å². The van der Waals surface area contributed by atoms with Gasteiger partial charge in [-0.3, -0.25) is 4.90 Å². The number of hydrogen-bond acceptors (Lipinski definition) is 4. The molecule has 0 fully saturated rings. The maximum Gasteiger partial charge on any atom is 0.165 e. The van der Waals surface area contributed by atoms with Crippen molar-refractivity contribution in [2.75, 3.05) is 32.9 Å². The maximum absolute atomic E-state index is 9.03. The first-order valence-corrected chi connectivity index (χ1v) is 7.56. The number of benzene rings is 1. The second kappa shape index (κ2) is 8.12. The van der Waals surface area contributed by atoms with E-state index in [0.29, 0.717) is 13.2 Å². The molecule has 4 heteroatoms. The minimum Gasteiger partial charge on any atom is -0.486 e. The molecule has 1 aromatic rings. The molecule has 1 heterocycles. The molecule has 20 heavy (non-hydrogen) atoms. The molecule has 112 valence electrons. The third kappa shape index (κ3) is 4.12. The minimum absolute atomic E-state index is 0.245. The number of fused-ring (bicyclic) bond motifs is 1. The summed E-state index contributed by atoms with van der Waals surface area (Å²) in [7, 11) is 0. The van der Waals surface area contributed by atoms with E-state index in [2.05, 4.69) is 17.9 Å². The molecule has 1 aliphatic rings. The van der Waals surface area contributed by atoms with Gasteiger partial charge in [0.25, 0.3) is 0 Å². The van der Waals surface area contributed by atoms with Crippen LogP contribution >= 0.6 is 0 Å². The van der Waals surface area contributed by atoms with Crippen LogP contribution in [0.25, 0.3) is 0 Å². The van der Waals surface area contributed by atoms with Gasteiger partial charge in [-0.25, -0.2) is 0 Å². The molecule has 0 saturated heterocycles. The molecule has 0 amide bonds. The van der Waals surface area contributed by atoms with E-state index in [1.807, 2.05) is 12.1 Å². The second-order valence-electron chi connectivity index (χ2n) is 5.15. The average Bonchev–Trinajstić information content (AvgIpc) is 2.50. The van der Waals surface area contributed by atoms with E-state index < -0.39 is 0 Å². The Morgan fingerprint density at radius 1 is 1.15 bits per heavy atom. The Hall–Kier alpha value is -1.26. The predicted octanol–water partition coefficient (Wildman–Crippen LogP) is 2.44. The van der Waals surface area contributed by atoms with E-state index in [1.54, 1.807) is 0 Å². The molecule has 0 spiro atoms. The van der Waals surface area contributed by atoms with Crippen molar-refractivity contribution < 1.29 is 14.6 Å². The molecular weight excluding hydrogens is 254 g/mol. The number of para-hydroxylation sites is 1. The first-order chi connectivity index (χ1) is 9.85. The quantitative estimate of drug-likeness (QED) is 0.793. The monoisotopic (exact) mass is 279 g/mol. The highest BCUT2D eigenvalue weighted by Crippen LogP contribution is 2.34. The summed E-state index contributed by atoms with van der Waals surface area (Å²) >= 11 is 0. The van der Waals surface area contributed by atoms with Crippen molar-refractivity contribution in [3.05, 3.63) is 23.8 Å². The zero-order valence-electron chi connectivity index (χ0n) is 12.3. The van der Waals surface area contributed by atoms with E-state index in [1.165, 1.54) is 18.4 Å². The van der Waals surface area contributed by atoms with Crippen molar-refractivity contribution >= 4 is 0 Å². The lowest BCUT2D eigenvalue weighted by atomic mass is 10.1. The van der Waals surface area contributed by atoms with Crippen molar-refractivity contribution in [1.29, 1.82) is 0 Å². The summed E-state index contributed by atoms with van der Waals surface area (Å²) in [6, 6.07) is 6.08. The van der Waals surface area contributed by atoms with Gasteiger partial charge in [-0.2, -0.15) is 0 Å². The molecule has 1 aromatic carbocycles. The number of aliphatic hydroxyl groups is 1. The fourth-order valence-corrected chi connectivity index (χ4v) is 2.45. The van der Waals surface area contributed by atoms with Gasteiger partial charge in [0.2, 0.25) is 0 Å². The highest BCUT2D eigenvalue weighted by molar-refractivity contribution is 5.47. The van der Waals surface area contributed by atoms with Crippen LogP contribution in [0.2, 0.25) is 0 Å². The van der Waals surface area contributed by atoms with Gasteiger partial charge in [0.1, 0.15) is 13.2 Å². The van der Waals surface area contributed by atoms with Crippen LogP contribution < -0.4 is 9.47 Å². The Balaban J connectivity index is 2.05. The van der Waals surface area contributed by atoms with Crippen molar-refractivity contribution in [1.82, 2.24) is 4.90 Å². The number of hydrogen-bond donors (Lipinski definition) is 1. The summed E-state index contributed by atoms with van der Waals surface area (Å²) in [5.74, 6) is 1.75. The summed E-state index contributed by atoms with van der Waals surface area (Å²) in [6.07, 6.45) is 3.18. The zero-order valence-corrected chi connectivity index (χ0v) is 12.3. The van der Waals surface area contributed by atoms with Gasteiger partial charge in [0.05, 0.1) is 0 Å². The van der Waals surface area contributed by atoms with E-state index in [0.717, 1.165) is 37.6 Å². The topological polar surface area (TPSA) is 41.9 Å². The normalized spacial score (nSPS) is 13.8. The summed E-state index contributed by atoms with van der Waals surface area (Å²) < 4.78 is 11.4. The number of rotatable bonds is 8. The molecule has 0 unspecified atom stereocenters. The summed E-state index contributed by atoms with van der Waals surface area (Å²) in [6.45, 7) is 6.52. The summed E-state index contributed by atoms with van der Waals surface area (Å²) in [4.78, 5) is 2.38. The van der Waals surface area contributed by atoms with E-state index in [4.69, 9.17) is 14.6 Å². The van der Waals surface area contributed by atoms with E-state index in [-0.39, 0.29) is 6.61 Å². The third-order valence-corrected chi connectivity index (χ3v) is 3.50. The van der Waals surface area contributed by atoms with Crippen LogP contribution in [-0.2, 0) is 6.54 Å². The molecule has 2 rings (SSSR count). The number of unbranched alkanes of at least 4 members (excludes halogenated alkanes) is 1. The van der Waals surface area contributed by atoms with Gasteiger partial charge in [0, 0.05) is 25.3 Å². The lowest BCUT2D eigenvalue weighted by Crippen LogP contribution is -2.27. The number of nitrogens with zero attached hydrogens (tertiary/aromatic N) is 1. The molecule has 0 saturated carbocycles. The van der Waals surface area contributed by atoms with Gasteiger partial charge in [0.15, 0.2) is 11.5 Å². The summed E-state index contributed by atoms with van der Waals surface area (Å²) in [5.41, 5.74) is 1.18. The minimum atomic E-state index is 0.245. The zero-order chi connectivity index (χ0) is 14.2. The lowest BCUT2D eigenvalue weighted by Gasteiger charge is -2.26. The Kier molecular flexibility index (Phi) is 6.15. The second-order valence-corrected chi connectivity index (χ2v) is 5.15. The molecule has 0 bridgehead atoms. The van der Waals surface area contributed by atoms with E-state index >= 15 is 0 Å². The molecule has 0 aromatic heterocycles. The van der Waals surface area contributed by atoms with Crippen molar-refractivity contribution in [2.24, 2.45) is 0 Å². The maximum atomic E-state index is 9.03. The SMILES string of the molecule is CCCCN(CCCO)Cc1cccc2c1OCCO2. The fraction of sp³-hybridized carbons (Fsp3) is 0.625. The van der Waals surface area contributed by atoms with Crippen LogP contribution in [0.5, 0.6) is 11.5 Å². The largest absolute Gasteiger partial charge is 0.486 e. The van der Waals surface area contributed by atoms with Crippen LogP contribution in [-0.4, -0.2) is 42.9 Å². The molecule has 0 aliphatic carbocycles. The van der Waals surface area contributed by atoms with Gasteiger partial charge in [-0.05, 0) is 25.5 Å². The van der Waals surface area contributed by atoms with Gasteiger partial charge in [-0.1, -0.05) is 25.5 Å². The van der Waals surface area contributed by atoms with Gasteiger partial charge in [-0.15, -0.1) is 0 Å². The highest BCUT2D eigenvalue weighted by atomic mass is 16.6. The molecule has 1 N–H and O–H groups in total. The van der Waals surface area contributed by atoms with Crippen LogP contribution in [0, 0.1) is 0 Å². The van der Waals surface area contributed by atoms with Crippen LogP contribution in [0.15, 0.2) is 18.2 Å². The van der Waals surface area contributed by atoms with Crippen molar-refractivity contribution in [2.45, 2.75) is 32.7 Å². The molecule has 0 atom stereocenters. The molecule has 0 radical (unpaired) electrons. The number of aliphatic hydroxyl groups excluding tert-OH is 1. The highest BCUT2D eigenvalue weighted by Gasteiger charge is 2.17. The van der Waals surface area contributed by atoms with Crippen LogP contribution in [0.3, 0.4) is 0 Å². The Bertz CT molecular complexity index is 401. The number of ether oxygens (including phenoxy) is 2. The van der Waals surface area contributed by atoms with Crippen LogP contribution in [0.4, 0.5) is 0 Å². The molecule has 4 nitrogen and oxygen atoms in total. The van der Waals surface area contributed by atoms with Gasteiger partial charge >= 0.3 is 0 Å². The van der Waals surface area contributed by atoms with Crippen molar-refractivity contribution in [3.63, 3.8) is 0 Å². The molecular formula is C16H25NO3. The first kappa shape index (κ1) is 15.1.